The Morgan fingerprint density at radius 3 is 2.88 bits per heavy atom. The number of ether oxygens (including phenoxy) is 1. The standard InChI is InChI=1S/C16H16N6O2S/c23-15(21-6-8-24-9-7-21)11-25-16-19-18-14-4-3-13(20-22(14)16)12-2-1-5-17-10-12/h1-5,10H,6-9,11H2. The van der Waals surface area contributed by atoms with Gasteiger partial charge in [-0.2, -0.15) is 9.61 Å². The van der Waals surface area contributed by atoms with Crippen molar-refractivity contribution in [1.82, 2.24) is 29.7 Å². The van der Waals surface area contributed by atoms with Crippen molar-refractivity contribution in [3.63, 3.8) is 0 Å². The van der Waals surface area contributed by atoms with Gasteiger partial charge in [0.2, 0.25) is 11.1 Å². The molecule has 0 spiro atoms. The van der Waals surface area contributed by atoms with Gasteiger partial charge in [-0.15, -0.1) is 10.2 Å². The maximum atomic E-state index is 12.3. The van der Waals surface area contributed by atoms with Crippen LogP contribution in [0.1, 0.15) is 0 Å². The predicted octanol–water partition coefficient (Wildman–Crippen LogP) is 1.14. The number of carbonyl (C=O) groups excluding carboxylic acids is 1. The first kappa shape index (κ1) is 16.0. The number of amides is 1. The highest BCUT2D eigenvalue weighted by Gasteiger charge is 2.18. The molecule has 4 rings (SSSR count). The molecule has 3 aromatic heterocycles. The number of aromatic nitrogens is 5. The maximum absolute atomic E-state index is 12.3. The molecule has 0 aromatic carbocycles. The lowest BCUT2D eigenvalue weighted by Crippen LogP contribution is -2.41. The van der Waals surface area contributed by atoms with E-state index in [0.29, 0.717) is 42.9 Å². The van der Waals surface area contributed by atoms with Crippen LogP contribution in [0.3, 0.4) is 0 Å². The Balaban J connectivity index is 1.52. The zero-order valence-electron chi connectivity index (χ0n) is 13.4. The van der Waals surface area contributed by atoms with E-state index in [1.165, 1.54) is 11.8 Å². The zero-order valence-corrected chi connectivity index (χ0v) is 14.2. The summed E-state index contributed by atoms with van der Waals surface area (Å²) < 4.78 is 6.94. The zero-order chi connectivity index (χ0) is 17.1. The molecule has 0 unspecified atom stereocenters. The molecule has 0 aliphatic carbocycles. The lowest BCUT2D eigenvalue weighted by Gasteiger charge is -2.26. The maximum Gasteiger partial charge on any atom is 0.233 e. The van der Waals surface area contributed by atoms with E-state index in [1.807, 2.05) is 29.2 Å². The van der Waals surface area contributed by atoms with E-state index in [0.717, 1.165) is 11.3 Å². The number of hydrogen-bond acceptors (Lipinski definition) is 7. The summed E-state index contributed by atoms with van der Waals surface area (Å²) in [4.78, 5) is 18.2. The van der Waals surface area contributed by atoms with Crippen LogP contribution >= 0.6 is 11.8 Å². The third kappa shape index (κ3) is 3.47. The molecule has 1 fully saturated rings. The van der Waals surface area contributed by atoms with Gasteiger partial charge >= 0.3 is 0 Å². The molecular formula is C16H16N6O2S. The highest BCUT2D eigenvalue weighted by Crippen LogP contribution is 2.20. The number of hydrogen-bond donors (Lipinski definition) is 0. The van der Waals surface area contributed by atoms with Gasteiger partial charge in [0.25, 0.3) is 0 Å². The van der Waals surface area contributed by atoms with E-state index in [-0.39, 0.29) is 5.91 Å². The molecule has 128 valence electrons. The van der Waals surface area contributed by atoms with Crippen molar-refractivity contribution in [2.75, 3.05) is 32.1 Å². The van der Waals surface area contributed by atoms with Gasteiger partial charge in [-0.05, 0) is 24.3 Å². The molecule has 0 saturated carbocycles. The molecular weight excluding hydrogens is 340 g/mol. The second kappa shape index (κ2) is 7.16. The van der Waals surface area contributed by atoms with Crippen LogP contribution in [0.4, 0.5) is 0 Å². The van der Waals surface area contributed by atoms with E-state index in [9.17, 15) is 4.79 Å². The second-order valence-electron chi connectivity index (χ2n) is 5.49. The third-order valence-electron chi connectivity index (χ3n) is 3.88. The fraction of sp³-hybridized carbons (Fsp3) is 0.312. The molecule has 1 aliphatic heterocycles. The molecule has 9 heteroatoms. The predicted molar refractivity (Wildman–Crippen MR) is 92.1 cm³/mol. The molecule has 25 heavy (non-hydrogen) atoms. The molecule has 3 aromatic rings. The first-order chi connectivity index (χ1) is 12.3. The van der Waals surface area contributed by atoms with E-state index in [2.05, 4.69) is 20.3 Å². The summed E-state index contributed by atoms with van der Waals surface area (Å²) in [6, 6.07) is 7.55. The highest BCUT2D eigenvalue weighted by atomic mass is 32.2. The van der Waals surface area contributed by atoms with E-state index in [1.54, 1.807) is 16.9 Å². The Kier molecular flexibility index (Phi) is 4.57. The molecule has 8 nitrogen and oxygen atoms in total. The molecule has 1 amide bonds. The van der Waals surface area contributed by atoms with Crippen LogP contribution in [0, 0.1) is 0 Å². The Labute approximate surface area is 148 Å². The Morgan fingerprint density at radius 2 is 2.08 bits per heavy atom. The van der Waals surface area contributed by atoms with Crippen molar-refractivity contribution in [3.05, 3.63) is 36.7 Å². The van der Waals surface area contributed by atoms with Crippen LogP contribution in [-0.4, -0.2) is 67.7 Å². The van der Waals surface area contributed by atoms with Gasteiger partial charge in [-0.25, -0.2) is 0 Å². The summed E-state index contributed by atoms with van der Waals surface area (Å²) in [6.07, 6.45) is 3.48. The summed E-state index contributed by atoms with van der Waals surface area (Å²) in [6.45, 7) is 2.48. The van der Waals surface area contributed by atoms with E-state index < -0.39 is 0 Å². The number of fused-ring (bicyclic) bond motifs is 1. The summed E-state index contributed by atoms with van der Waals surface area (Å²) in [5.74, 6) is 0.382. The van der Waals surface area contributed by atoms with Gasteiger partial charge in [0, 0.05) is 31.0 Å². The third-order valence-corrected chi connectivity index (χ3v) is 4.78. The molecule has 1 aliphatic rings. The molecule has 0 N–H and O–H groups in total. The van der Waals surface area contributed by atoms with E-state index >= 15 is 0 Å². The minimum absolute atomic E-state index is 0.0773. The van der Waals surface area contributed by atoms with Crippen LogP contribution in [0.15, 0.2) is 41.8 Å². The minimum atomic E-state index is 0.0773. The number of morpholine rings is 1. The summed E-state index contributed by atoms with van der Waals surface area (Å²) in [7, 11) is 0. The smallest absolute Gasteiger partial charge is 0.233 e. The van der Waals surface area contributed by atoms with Gasteiger partial charge in [0.15, 0.2) is 5.65 Å². The average Bonchev–Trinajstić information content (AvgIpc) is 3.10. The van der Waals surface area contributed by atoms with Crippen molar-refractivity contribution >= 4 is 23.3 Å². The Hall–Kier alpha value is -2.52. The summed E-state index contributed by atoms with van der Waals surface area (Å²) in [5.41, 5.74) is 2.34. The molecule has 0 bridgehead atoms. The Bertz CT molecular complexity index is 879. The number of nitrogens with zero attached hydrogens (tertiary/aromatic N) is 6. The van der Waals surface area contributed by atoms with Gasteiger partial charge in [-0.1, -0.05) is 11.8 Å². The van der Waals surface area contributed by atoms with Crippen molar-refractivity contribution in [3.8, 4) is 11.3 Å². The molecule has 1 saturated heterocycles. The summed E-state index contributed by atoms with van der Waals surface area (Å²) in [5, 5.41) is 13.4. The van der Waals surface area contributed by atoms with Gasteiger partial charge in [0.05, 0.1) is 24.7 Å². The van der Waals surface area contributed by atoms with Crippen LogP contribution in [-0.2, 0) is 9.53 Å². The fourth-order valence-electron chi connectivity index (χ4n) is 2.56. The summed E-state index contributed by atoms with van der Waals surface area (Å²) >= 11 is 1.34. The second-order valence-corrected chi connectivity index (χ2v) is 6.44. The van der Waals surface area contributed by atoms with Crippen LogP contribution in [0.5, 0.6) is 0 Å². The topological polar surface area (TPSA) is 85.5 Å². The van der Waals surface area contributed by atoms with Crippen LogP contribution in [0.2, 0.25) is 0 Å². The molecule has 0 radical (unpaired) electrons. The minimum Gasteiger partial charge on any atom is -0.378 e. The number of pyridine rings is 1. The number of rotatable bonds is 4. The number of thioether (sulfide) groups is 1. The Morgan fingerprint density at radius 1 is 1.20 bits per heavy atom. The quantitative estimate of drug-likeness (QED) is 0.648. The number of carbonyl (C=O) groups is 1. The van der Waals surface area contributed by atoms with Crippen molar-refractivity contribution in [2.45, 2.75) is 5.16 Å². The van der Waals surface area contributed by atoms with Gasteiger partial charge in [0.1, 0.15) is 0 Å². The largest absolute Gasteiger partial charge is 0.378 e. The monoisotopic (exact) mass is 356 g/mol. The van der Waals surface area contributed by atoms with E-state index in [4.69, 9.17) is 4.74 Å². The van der Waals surface area contributed by atoms with Crippen molar-refractivity contribution in [2.24, 2.45) is 0 Å². The lowest BCUT2D eigenvalue weighted by molar-refractivity contribution is -0.132. The SMILES string of the molecule is O=C(CSc1nnc2ccc(-c3cccnc3)nn12)N1CCOCC1. The highest BCUT2D eigenvalue weighted by molar-refractivity contribution is 7.99. The molecule has 0 atom stereocenters. The first-order valence-corrected chi connectivity index (χ1v) is 8.91. The van der Waals surface area contributed by atoms with Crippen LogP contribution in [0.25, 0.3) is 16.9 Å². The normalized spacial score (nSPS) is 14.8. The lowest BCUT2D eigenvalue weighted by atomic mass is 10.2. The van der Waals surface area contributed by atoms with Crippen molar-refractivity contribution in [1.29, 1.82) is 0 Å². The average molecular weight is 356 g/mol. The first-order valence-electron chi connectivity index (χ1n) is 7.92. The van der Waals surface area contributed by atoms with Gasteiger partial charge in [-0.3, -0.25) is 9.78 Å². The molecule has 4 heterocycles. The fourth-order valence-corrected chi connectivity index (χ4v) is 3.35. The van der Waals surface area contributed by atoms with Gasteiger partial charge < -0.3 is 9.64 Å². The van der Waals surface area contributed by atoms with Crippen LogP contribution < -0.4 is 0 Å². The van der Waals surface area contributed by atoms with Crippen molar-refractivity contribution < 1.29 is 9.53 Å².